The number of rotatable bonds is 4. The summed E-state index contributed by atoms with van der Waals surface area (Å²) in [6.45, 7) is 0.748. The Kier molecular flexibility index (Phi) is 2.67. The van der Waals surface area contributed by atoms with Gasteiger partial charge in [-0.2, -0.15) is 0 Å². The van der Waals surface area contributed by atoms with Crippen LogP contribution in [0.15, 0.2) is 0 Å². The van der Waals surface area contributed by atoms with E-state index >= 15 is 0 Å². The molecule has 2 rings (SSSR count). The van der Waals surface area contributed by atoms with Gasteiger partial charge in [-0.15, -0.1) is 0 Å². The summed E-state index contributed by atoms with van der Waals surface area (Å²) in [5, 5.41) is 5.47. The smallest absolute Gasteiger partial charge is 0.235 e. The molecule has 84 valence electrons. The monoisotopic (exact) mass is 210 g/mol. The zero-order valence-electron chi connectivity index (χ0n) is 9.14. The summed E-state index contributed by atoms with van der Waals surface area (Å²) in [6.07, 6.45) is 5.11. The van der Waals surface area contributed by atoms with E-state index in [0.717, 1.165) is 6.54 Å². The van der Waals surface area contributed by atoms with Gasteiger partial charge in [0.05, 0.1) is 0 Å². The van der Waals surface area contributed by atoms with E-state index in [4.69, 9.17) is 0 Å². The summed E-state index contributed by atoms with van der Waals surface area (Å²) >= 11 is 0. The Hall–Kier alpha value is -1.06. The van der Waals surface area contributed by atoms with E-state index in [1.807, 2.05) is 0 Å². The predicted molar refractivity (Wildman–Crippen MR) is 56.1 cm³/mol. The molecule has 2 fully saturated rings. The SMILES string of the molecule is CNC(=O)C1(C(=O)NCC2CCC2)CC1. The van der Waals surface area contributed by atoms with Crippen LogP contribution in [0.25, 0.3) is 0 Å². The summed E-state index contributed by atoms with van der Waals surface area (Å²) in [4.78, 5) is 23.3. The fourth-order valence-corrected chi connectivity index (χ4v) is 2.02. The number of hydrogen-bond donors (Lipinski definition) is 2. The van der Waals surface area contributed by atoms with Gasteiger partial charge in [-0.05, 0) is 31.6 Å². The van der Waals surface area contributed by atoms with Crippen molar-refractivity contribution in [1.82, 2.24) is 10.6 Å². The average molecular weight is 210 g/mol. The lowest BCUT2D eigenvalue weighted by atomic mass is 9.85. The van der Waals surface area contributed by atoms with Crippen LogP contribution in [0.1, 0.15) is 32.1 Å². The topological polar surface area (TPSA) is 58.2 Å². The molecule has 0 heterocycles. The molecule has 0 aliphatic heterocycles. The first kappa shape index (κ1) is 10.5. The molecule has 0 spiro atoms. The van der Waals surface area contributed by atoms with Crippen molar-refractivity contribution in [3.05, 3.63) is 0 Å². The highest BCUT2D eigenvalue weighted by Gasteiger charge is 2.56. The molecule has 0 bridgehead atoms. The molecule has 0 aromatic rings. The van der Waals surface area contributed by atoms with E-state index in [2.05, 4.69) is 10.6 Å². The number of nitrogens with one attached hydrogen (secondary N) is 2. The lowest BCUT2D eigenvalue weighted by molar-refractivity contribution is -0.137. The van der Waals surface area contributed by atoms with Gasteiger partial charge >= 0.3 is 0 Å². The fraction of sp³-hybridized carbons (Fsp3) is 0.818. The summed E-state index contributed by atoms with van der Waals surface area (Å²) < 4.78 is 0. The van der Waals surface area contributed by atoms with Gasteiger partial charge in [0, 0.05) is 13.6 Å². The van der Waals surface area contributed by atoms with E-state index in [-0.39, 0.29) is 11.8 Å². The average Bonchev–Trinajstić information content (AvgIpc) is 2.94. The van der Waals surface area contributed by atoms with Gasteiger partial charge in [-0.1, -0.05) is 6.42 Å². The van der Waals surface area contributed by atoms with Gasteiger partial charge in [-0.3, -0.25) is 9.59 Å². The molecule has 0 radical (unpaired) electrons. The van der Waals surface area contributed by atoms with Gasteiger partial charge in [0.15, 0.2) is 0 Å². The molecule has 15 heavy (non-hydrogen) atoms. The third-order valence-electron chi connectivity index (χ3n) is 3.62. The van der Waals surface area contributed by atoms with Crippen molar-refractivity contribution in [2.75, 3.05) is 13.6 Å². The highest BCUT2D eigenvalue weighted by molar-refractivity contribution is 6.07. The maximum atomic E-state index is 11.8. The highest BCUT2D eigenvalue weighted by atomic mass is 16.2. The van der Waals surface area contributed by atoms with Crippen LogP contribution in [0.3, 0.4) is 0 Å². The van der Waals surface area contributed by atoms with Gasteiger partial charge in [0.25, 0.3) is 0 Å². The van der Waals surface area contributed by atoms with Crippen LogP contribution in [-0.2, 0) is 9.59 Å². The minimum absolute atomic E-state index is 0.0752. The van der Waals surface area contributed by atoms with Crippen molar-refractivity contribution >= 4 is 11.8 Å². The summed E-state index contributed by atoms with van der Waals surface area (Å²) in [5.41, 5.74) is -0.724. The third-order valence-corrected chi connectivity index (χ3v) is 3.62. The van der Waals surface area contributed by atoms with E-state index < -0.39 is 5.41 Å². The van der Waals surface area contributed by atoms with Crippen LogP contribution in [-0.4, -0.2) is 25.4 Å². The second-order valence-corrected chi connectivity index (χ2v) is 4.67. The standard InChI is InChI=1S/C11H18N2O2/c1-12-9(14)11(5-6-11)10(15)13-7-8-3-2-4-8/h8H,2-7H2,1H3,(H,12,14)(H,13,15). The van der Waals surface area contributed by atoms with E-state index in [1.54, 1.807) is 7.05 Å². The molecule has 0 atom stereocenters. The van der Waals surface area contributed by atoms with E-state index in [0.29, 0.717) is 18.8 Å². The first-order chi connectivity index (χ1) is 7.19. The Morgan fingerprint density at radius 2 is 1.93 bits per heavy atom. The Morgan fingerprint density at radius 1 is 1.27 bits per heavy atom. The van der Waals surface area contributed by atoms with Crippen molar-refractivity contribution in [3.8, 4) is 0 Å². The van der Waals surface area contributed by atoms with Gasteiger partial charge in [0.2, 0.25) is 11.8 Å². The van der Waals surface area contributed by atoms with Crippen molar-refractivity contribution in [3.63, 3.8) is 0 Å². The molecule has 2 N–H and O–H groups in total. The molecule has 0 aromatic heterocycles. The van der Waals surface area contributed by atoms with Crippen molar-refractivity contribution in [2.24, 2.45) is 11.3 Å². The van der Waals surface area contributed by atoms with Gasteiger partial charge < -0.3 is 10.6 Å². The molecule has 4 heteroatoms. The van der Waals surface area contributed by atoms with Crippen LogP contribution in [0.4, 0.5) is 0 Å². The highest BCUT2D eigenvalue weighted by Crippen LogP contribution is 2.46. The number of carbonyl (C=O) groups excluding carboxylic acids is 2. The molecule has 2 saturated carbocycles. The van der Waals surface area contributed by atoms with Crippen molar-refractivity contribution in [2.45, 2.75) is 32.1 Å². The molecular formula is C11H18N2O2. The molecule has 0 unspecified atom stereocenters. The largest absolute Gasteiger partial charge is 0.358 e. The van der Waals surface area contributed by atoms with Gasteiger partial charge in [-0.25, -0.2) is 0 Å². The van der Waals surface area contributed by atoms with Crippen LogP contribution >= 0.6 is 0 Å². The number of amides is 2. The number of carbonyl (C=O) groups is 2. The van der Waals surface area contributed by atoms with E-state index in [1.165, 1.54) is 19.3 Å². The second kappa shape index (κ2) is 3.83. The Balaban J connectivity index is 1.81. The maximum absolute atomic E-state index is 11.8. The summed E-state index contributed by atoms with van der Waals surface area (Å²) in [7, 11) is 1.58. The summed E-state index contributed by atoms with van der Waals surface area (Å²) in [5.74, 6) is 0.441. The second-order valence-electron chi connectivity index (χ2n) is 4.67. The lowest BCUT2D eigenvalue weighted by Gasteiger charge is -2.26. The first-order valence-electron chi connectivity index (χ1n) is 5.69. The quantitative estimate of drug-likeness (QED) is 0.661. The zero-order chi connectivity index (χ0) is 10.9. The Bertz CT molecular complexity index is 280. The molecule has 2 aliphatic rings. The molecule has 0 aromatic carbocycles. The predicted octanol–water partition coefficient (Wildman–Crippen LogP) is 0.429. The van der Waals surface area contributed by atoms with Gasteiger partial charge in [0.1, 0.15) is 5.41 Å². The van der Waals surface area contributed by atoms with Crippen LogP contribution in [0.2, 0.25) is 0 Å². The van der Waals surface area contributed by atoms with Crippen molar-refractivity contribution in [1.29, 1.82) is 0 Å². The Labute approximate surface area is 89.8 Å². The minimum atomic E-state index is -0.724. The van der Waals surface area contributed by atoms with Crippen molar-refractivity contribution < 1.29 is 9.59 Å². The number of hydrogen-bond acceptors (Lipinski definition) is 2. The lowest BCUT2D eigenvalue weighted by Crippen LogP contribution is -2.43. The van der Waals surface area contributed by atoms with Crippen LogP contribution < -0.4 is 10.6 Å². The van der Waals surface area contributed by atoms with Crippen LogP contribution in [0, 0.1) is 11.3 Å². The van der Waals surface area contributed by atoms with Crippen LogP contribution in [0.5, 0.6) is 0 Å². The molecule has 2 aliphatic carbocycles. The molecular weight excluding hydrogens is 192 g/mol. The molecule has 4 nitrogen and oxygen atoms in total. The normalized spacial score (nSPS) is 22.7. The molecule has 0 saturated heterocycles. The summed E-state index contributed by atoms with van der Waals surface area (Å²) in [6, 6.07) is 0. The first-order valence-corrected chi connectivity index (χ1v) is 5.69. The maximum Gasteiger partial charge on any atom is 0.235 e. The zero-order valence-corrected chi connectivity index (χ0v) is 9.14. The molecule has 2 amide bonds. The van der Waals surface area contributed by atoms with E-state index in [9.17, 15) is 9.59 Å². The fourth-order valence-electron chi connectivity index (χ4n) is 2.02. The Morgan fingerprint density at radius 3 is 2.33 bits per heavy atom. The minimum Gasteiger partial charge on any atom is -0.358 e. The third kappa shape index (κ3) is 1.85.